The summed E-state index contributed by atoms with van der Waals surface area (Å²) in [5, 5.41) is 10.7. The number of carbonyl (C=O) groups excluding carboxylic acids is 1. The van der Waals surface area contributed by atoms with Crippen molar-refractivity contribution in [2.45, 2.75) is 51.4 Å². The number of rotatable bonds is 4. The average molecular weight is 293 g/mol. The predicted molar refractivity (Wildman–Crippen MR) is 76.8 cm³/mol. The Labute approximate surface area is 123 Å². The van der Waals surface area contributed by atoms with E-state index in [1.54, 1.807) is 0 Å². The molecule has 6 nitrogen and oxygen atoms in total. The van der Waals surface area contributed by atoms with Gasteiger partial charge in [0, 0.05) is 18.6 Å². The molecule has 0 saturated carbocycles. The molecule has 0 aromatic heterocycles. The number of non-ortho nitro benzene ring substituents is 1. The Morgan fingerprint density at radius 2 is 2.05 bits per heavy atom. The normalized spacial score (nSPS) is 22.8. The number of nitro groups is 1. The molecule has 1 aliphatic heterocycles. The molecule has 0 N–H and O–H groups in total. The van der Waals surface area contributed by atoms with Crippen molar-refractivity contribution >= 4 is 12.0 Å². The predicted octanol–water partition coefficient (Wildman–Crippen LogP) is 3.13. The molecule has 0 radical (unpaired) electrons. The number of benzene rings is 1. The van der Waals surface area contributed by atoms with E-state index < -0.39 is 10.5 Å². The molecule has 1 unspecified atom stereocenters. The van der Waals surface area contributed by atoms with Crippen molar-refractivity contribution in [1.82, 2.24) is 0 Å². The first kappa shape index (κ1) is 15.4. The minimum Gasteiger partial charge on any atom is -0.487 e. The minimum atomic E-state index is -0.539. The van der Waals surface area contributed by atoms with Gasteiger partial charge in [0.15, 0.2) is 6.29 Å². The molecular weight excluding hydrogens is 274 g/mol. The maximum absolute atomic E-state index is 11.1. The first-order valence-corrected chi connectivity index (χ1v) is 6.75. The Hall–Kier alpha value is -1.95. The summed E-state index contributed by atoms with van der Waals surface area (Å²) in [4.78, 5) is 21.3. The third-order valence-electron chi connectivity index (χ3n) is 3.59. The van der Waals surface area contributed by atoms with Crippen molar-refractivity contribution < 1.29 is 19.2 Å². The van der Waals surface area contributed by atoms with Crippen LogP contribution in [0.25, 0.3) is 0 Å². The Morgan fingerprint density at radius 1 is 1.38 bits per heavy atom. The van der Waals surface area contributed by atoms with E-state index in [-0.39, 0.29) is 23.0 Å². The molecule has 114 valence electrons. The molecule has 0 bridgehead atoms. The zero-order valence-corrected chi connectivity index (χ0v) is 12.6. The highest BCUT2D eigenvalue weighted by atomic mass is 16.6. The van der Waals surface area contributed by atoms with Crippen LogP contribution < -0.4 is 4.74 Å². The van der Waals surface area contributed by atoms with Gasteiger partial charge in [0.2, 0.25) is 0 Å². The van der Waals surface area contributed by atoms with E-state index in [9.17, 15) is 14.9 Å². The minimum absolute atomic E-state index is 0.133. The highest BCUT2D eigenvalue weighted by Gasteiger charge is 2.47. The van der Waals surface area contributed by atoms with Gasteiger partial charge in [-0.25, -0.2) is 0 Å². The summed E-state index contributed by atoms with van der Waals surface area (Å²) in [5.74, 6) is 0.343. The number of hydrogen-bond donors (Lipinski definition) is 0. The van der Waals surface area contributed by atoms with Crippen molar-refractivity contribution in [2.24, 2.45) is 0 Å². The van der Waals surface area contributed by atoms with Crippen LogP contribution in [0.3, 0.4) is 0 Å². The van der Waals surface area contributed by atoms with E-state index in [1.807, 2.05) is 27.7 Å². The molecule has 1 saturated heterocycles. The van der Waals surface area contributed by atoms with Crippen molar-refractivity contribution in [1.29, 1.82) is 0 Å². The Morgan fingerprint density at radius 3 is 2.52 bits per heavy atom. The van der Waals surface area contributed by atoms with Gasteiger partial charge in [0.05, 0.1) is 16.1 Å². The molecule has 21 heavy (non-hydrogen) atoms. The van der Waals surface area contributed by atoms with Gasteiger partial charge in [-0.05, 0) is 33.8 Å². The van der Waals surface area contributed by atoms with Crippen LogP contribution in [0.2, 0.25) is 0 Å². The van der Waals surface area contributed by atoms with Gasteiger partial charge in [-0.1, -0.05) is 0 Å². The summed E-state index contributed by atoms with van der Waals surface area (Å²) in [6.45, 7) is 7.82. The first-order chi connectivity index (χ1) is 9.64. The lowest BCUT2D eigenvalue weighted by atomic mass is 9.97. The fraction of sp³-hybridized carbons (Fsp3) is 0.533. The second-order valence-electron chi connectivity index (χ2n) is 6.37. The van der Waals surface area contributed by atoms with E-state index in [0.29, 0.717) is 18.5 Å². The van der Waals surface area contributed by atoms with Gasteiger partial charge in [-0.3, -0.25) is 14.9 Å². The van der Waals surface area contributed by atoms with Crippen LogP contribution in [0.5, 0.6) is 5.75 Å². The Kier molecular flexibility index (Phi) is 3.76. The van der Waals surface area contributed by atoms with Crippen molar-refractivity contribution in [3.8, 4) is 5.75 Å². The molecule has 1 aromatic rings. The van der Waals surface area contributed by atoms with Crippen molar-refractivity contribution in [2.75, 3.05) is 0 Å². The summed E-state index contributed by atoms with van der Waals surface area (Å²) < 4.78 is 11.8. The van der Waals surface area contributed by atoms with Gasteiger partial charge >= 0.3 is 0 Å². The van der Waals surface area contributed by atoms with Crippen molar-refractivity contribution in [3.05, 3.63) is 33.9 Å². The number of ether oxygens (including phenoxy) is 2. The second-order valence-corrected chi connectivity index (χ2v) is 6.37. The monoisotopic (exact) mass is 293 g/mol. The maximum atomic E-state index is 11.1. The average Bonchev–Trinajstić information content (AvgIpc) is 2.57. The van der Waals surface area contributed by atoms with E-state index in [2.05, 4.69) is 0 Å². The van der Waals surface area contributed by atoms with Crippen molar-refractivity contribution in [3.63, 3.8) is 0 Å². The lowest BCUT2D eigenvalue weighted by Gasteiger charge is -2.27. The highest BCUT2D eigenvalue weighted by Crippen LogP contribution is 2.40. The summed E-state index contributed by atoms with van der Waals surface area (Å²) >= 11 is 0. The van der Waals surface area contributed by atoms with E-state index in [1.165, 1.54) is 18.2 Å². The van der Waals surface area contributed by atoms with Crippen LogP contribution >= 0.6 is 0 Å². The molecular formula is C15H19NO5. The third kappa shape index (κ3) is 3.21. The van der Waals surface area contributed by atoms with Crippen LogP contribution in [-0.2, 0) is 4.74 Å². The number of nitrogens with zero attached hydrogens (tertiary/aromatic N) is 1. The Bertz CT molecular complexity index is 579. The molecule has 6 heteroatoms. The zero-order chi connectivity index (χ0) is 15.8. The number of aldehydes is 1. The van der Waals surface area contributed by atoms with Crippen LogP contribution in [-0.4, -0.2) is 28.5 Å². The number of carbonyl (C=O) groups is 1. The van der Waals surface area contributed by atoms with E-state index >= 15 is 0 Å². The van der Waals surface area contributed by atoms with Gasteiger partial charge in [0.25, 0.3) is 5.69 Å². The number of hydrogen-bond acceptors (Lipinski definition) is 5. The van der Waals surface area contributed by atoms with Gasteiger partial charge in [-0.2, -0.15) is 0 Å². The van der Waals surface area contributed by atoms with Crippen LogP contribution in [0, 0.1) is 10.1 Å². The molecule has 1 heterocycles. The summed E-state index contributed by atoms with van der Waals surface area (Å²) in [5.41, 5.74) is -0.766. The Balaban J connectivity index is 2.28. The molecule has 0 spiro atoms. The molecule has 0 amide bonds. The highest BCUT2D eigenvalue weighted by molar-refractivity contribution is 5.80. The smallest absolute Gasteiger partial charge is 0.270 e. The zero-order valence-electron chi connectivity index (χ0n) is 12.6. The first-order valence-electron chi connectivity index (χ1n) is 6.75. The van der Waals surface area contributed by atoms with Gasteiger partial charge < -0.3 is 9.47 Å². The van der Waals surface area contributed by atoms with E-state index in [0.717, 1.165) is 0 Å². The lowest BCUT2D eigenvalue weighted by Crippen LogP contribution is -2.36. The third-order valence-corrected chi connectivity index (χ3v) is 3.59. The summed E-state index contributed by atoms with van der Waals surface area (Å²) in [6.07, 6.45) is 1.01. The molecule has 1 aliphatic rings. The standard InChI is InChI=1S/C15H19NO5/c1-14(2)8-13(15(3,4)21-14)20-12-6-5-11(16(18)19)7-10(12)9-17/h5-7,9,13H,8H2,1-4H3. The van der Waals surface area contributed by atoms with Crippen LogP contribution in [0.15, 0.2) is 18.2 Å². The largest absolute Gasteiger partial charge is 0.487 e. The SMILES string of the molecule is CC1(C)CC(Oc2ccc([N+](=O)[O-])cc2C=O)C(C)(C)O1. The second kappa shape index (κ2) is 5.11. The molecule has 1 atom stereocenters. The molecule has 2 rings (SSSR count). The summed E-state index contributed by atoms with van der Waals surface area (Å²) in [6, 6.07) is 4.01. The number of nitro benzene ring substituents is 1. The molecule has 1 aromatic carbocycles. The quantitative estimate of drug-likeness (QED) is 0.484. The maximum Gasteiger partial charge on any atom is 0.270 e. The van der Waals surface area contributed by atoms with E-state index in [4.69, 9.17) is 9.47 Å². The molecule has 0 aliphatic carbocycles. The molecule has 1 fully saturated rings. The van der Waals surface area contributed by atoms with Crippen LogP contribution in [0.4, 0.5) is 5.69 Å². The topological polar surface area (TPSA) is 78.7 Å². The van der Waals surface area contributed by atoms with Crippen LogP contribution in [0.1, 0.15) is 44.5 Å². The van der Waals surface area contributed by atoms with Gasteiger partial charge in [0.1, 0.15) is 17.5 Å². The van der Waals surface area contributed by atoms with Gasteiger partial charge in [-0.15, -0.1) is 0 Å². The fourth-order valence-corrected chi connectivity index (χ4v) is 2.70. The lowest BCUT2D eigenvalue weighted by molar-refractivity contribution is -0.384. The fourth-order valence-electron chi connectivity index (χ4n) is 2.70. The summed E-state index contributed by atoms with van der Waals surface area (Å²) in [7, 11) is 0.